The first kappa shape index (κ1) is 19.3. The lowest BCUT2D eigenvalue weighted by Gasteiger charge is -2.38. The fourth-order valence-electron chi connectivity index (χ4n) is 3.48. The van der Waals surface area contributed by atoms with E-state index in [1.807, 2.05) is 12.1 Å². The molecule has 0 saturated heterocycles. The second-order valence-corrected chi connectivity index (χ2v) is 7.56. The van der Waals surface area contributed by atoms with Crippen molar-refractivity contribution in [3.8, 4) is 5.75 Å². The number of carboxylic acid groups (broad SMARTS) is 1. The SMILES string of the molecule is CC1(C)CCCCC1CC(=O)NCCc1ccc(OCC(=O)O)cc1. The average molecular weight is 347 g/mol. The smallest absolute Gasteiger partial charge is 0.341 e. The highest BCUT2D eigenvalue weighted by Crippen LogP contribution is 2.42. The number of carboxylic acids is 1. The highest BCUT2D eigenvalue weighted by Gasteiger charge is 2.33. The van der Waals surface area contributed by atoms with Crippen LogP contribution >= 0.6 is 0 Å². The molecule has 0 aliphatic heterocycles. The van der Waals surface area contributed by atoms with E-state index in [9.17, 15) is 9.59 Å². The minimum Gasteiger partial charge on any atom is -0.482 e. The second kappa shape index (κ2) is 8.88. The molecule has 0 spiro atoms. The van der Waals surface area contributed by atoms with Gasteiger partial charge in [-0.15, -0.1) is 0 Å². The summed E-state index contributed by atoms with van der Waals surface area (Å²) in [6.07, 6.45) is 6.24. The van der Waals surface area contributed by atoms with Gasteiger partial charge in [0.15, 0.2) is 6.61 Å². The van der Waals surface area contributed by atoms with Crippen molar-refractivity contribution in [3.05, 3.63) is 29.8 Å². The molecule has 2 rings (SSSR count). The van der Waals surface area contributed by atoms with Gasteiger partial charge in [-0.25, -0.2) is 4.79 Å². The van der Waals surface area contributed by atoms with E-state index in [2.05, 4.69) is 19.2 Å². The summed E-state index contributed by atoms with van der Waals surface area (Å²) in [6, 6.07) is 7.30. The number of benzene rings is 1. The quantitative estimate of drug-likeness (QED) is 0.755. The van der Waals surface area contributed by atoms with Crippen LogP contribution in [0.1, 0.15) is 51.5 Å². The highest BCUT2D eigenvalue weighted by atomic mass is 16.5. The van der Waals surface area contributed by atoms with Gasteiger partial charge < -0.3 is 15.2 Å². The molecule has 1 aromatic rings. The minimum atomic E-state index is -0.993. The summed E-state index contributed by atoms with van der Waals surface area (Å²) in [4.78, 5) is 22.7. The van der Waals surface area contributed by atoms with Crippen LogP contribution in [0.2, 0.25) is 0 Å². The van der Waals surface area contributed by atoms with Gasteiger partial charge >= 0.3 is 5.97 Å². The monoisotopic (exact) mass is 347 g/mol. The van der Waals surface area contributed by atoms with Crippen LogP contribution in [0.4, 0.5) is 0 Å². The van der Waals surface area contributed by atoms with E-state index in [4.69, 9.17) is 9.84 Å². The molecular formula is C20H29NO4. The van der Waals surface area contributed by atoms with E-state index in [0.717, 1.165) is 18.4 Å². The zero-order valence-corrected chi connectivity index (χ0v) is 15.2. The van der Waals surface area contributed by atoms with Gasteiger partial charge in [-0.3, -0.25) is 4.79 Å². The van der Waals surface area contributed by atoms with Gasteiger partial charge in [0.2, 0.25) is 5.91 Å². The van der Waals surface area contributed by atoms with E-state index < -0.39 is 5.97 Å². The molecule has 5 nitrogen and oxygen atoms in total. The number of aliphatic carboxylic acids is 1. The van der Waals surface area contributed by atoms with Gasteiger partial charge in [0.25, 0.3) is 0 Å². The van der Waals surface area contributed by atoms with E-state index in [1.165, 1.54) is 19.3 Å². The van der Waals surface area contributed by atoms with E-state index in [1.54, 1.807) is 12.1 Å². The van der Waals surface area contributed by atoms with Crippen LogP contribution in [0, 0.1) is 11.3 Å². The number of rotatable bonds is 8. The lowest BCUT2D eigenvalue weighted by Crippen LogP contribution is -2.34. The lowest BCUT2D eigenvalue weighted by molar-refractivity contribution is -0.139. The standard InChI is InChI=1S/C20H29NO4/c1-20(2)11-4-3-5-16(20)13-18(22)21-12-10-15-6-8-17(9-7-15)25-14-19(23)24/h6-9,16H,3-5,10-14H2,1-2H3,(H,21,22)(H,23,24). The van der Waals surface area contributed by atoms with Crippen molar-refractivity contribution < 1.29 is 19.4 Å². The van der Waals surface area contributed by atoms with Crippen molar-refractivity contribution >= 4 is 11.9 Å². The van der Waals surface area contributed by atoms with Crippen LogP contribution in [0.25, 0.3) is 0 Å². The topological polar surface area (TPSA) is 75.6 Å². The maximum absolute atomic E-state index is 12.2. The molecule has 0 bridgehead atoms. The summed E-state index contributed by atoms with van der Waals surface area (Å²) in [7, 11) is 0. The zero-order valence-electron chi connectivity index (χ0n) is 15.2. The lowest BCUT2D eigenvalue weighted by atomic mass is 9.67. The molecule has 25 heavy (non-hydrogen) atoms. The Balaban J connectivity index is 1.71. The van der Waals surface area contributed by atoms with Crippen molar-refractivity contribution in [2.75, 3.05) is 13.2 Å². The normalized spacial score (nSPS) is 19.2. The number of amides is 1. The molecule has 1 unspecified atom stereocenters. The summed E-state index contributed by atoms with van der Waals surface area (Å²) >= 11 is 0. The Morgan fingerprint density at radius 3 is 2.60 bits per heavy atom. The molecule has 1 aliphatic carbocycles. The summed E-state index contributed by atoms with van der Waals surface area (Å²) in [5, 5.41) is 11.6. The van der Waals surface area contributed by atoms with Crippen LogP contribution < -0.4 is 10.1 Å². The average Bonchev–Trinajstić information content (AvgIpc) is 2.56. The molecule has 1 saturated carbocycles. The van der Waals surface area contributed by atoms with Gasteiger partial charge in [-0.2, -0.15) is 0 Å². The van der Waals surface area contributed by atoms with Crippen LogP contribution in [-0.4, -0.2) is 30.1 Å². The molecule has 5 heteroatoms. The van der Waals surface area contributed by atoms with Crippen molar-refractivity contribution in [2.45, 2.75) is 52.4 Å². The molecule has 1 aliphatic rings. The van der Waals surface area contributed by atoms with Crippen LogP contribution in [0.3, 0.4) is 0 Å². The molecule has 1 amide bonds. The number of carbonyl (C=O) groups is 2. The maximum atomic E-state index is 12.2. The molecule has 138 valence electrons. The molecule has 0 radical (unpaired) electrons. The van der Waals surface area contributed by atoms with E-state index in [0.29, 0.717) is 24.6 Å². The molecule has 0 aromatic heterocycles. The van der Waals surface area contributed by atoms with Crippen molar-refractivity contribution in [1.29, 1.82) is 0 Å². The van der Waals surface area contributed by atoms with Crippen LogP contribution in [0.15, 0.2) is 24.3 Å². The Morgan fingerprint density at radius 1 is 1.24 bits per heavy atom. The fourth-order valence-corrected chi connectivity index (χ4v) is 3.48. The van der Waals surface area contributed by atoms with Gasteiger partial charge in [0, 0.05) is 13.0 Å². The van der Waals surface area contributed by atoms with Gasteiger partial charge in [0.1, 0.15) is 5.75 Å². The predicted molar refractivity (Wildman–Crippen MR) is 96.6 cm³/mol. The Hall–Kier alpha value is -2.04. The molecular weight excluding hydrogens is 318 g/mol. The van der Waals surface area contributed by atoms with Gasteiger partial charge in [-0.1, -0.05) is 38.8 Å². The molecule has 2 N–H and O–H groups in total. The maximum Gasteiger partial charge on any atom is 0.341 e. The van der Waals surface area contributed by atoms with Gasteiger partial charge in [-0.05, 0) is 48.3 Å². The molecule has 1 fully saturated rings. The summed E-state index contributed by atoms with van der Waals surface area (Å²) in [5.74, 6) is 0.163. The second-order valence-electron chi connectivity index (χ2n) is 7.56. The Kier molecular flexibility index (Phi) is 6.85. The summed E-state index contributed by atoms with van der Waals surface area (Å²) < 4.78 is 5.10. The number of ether oxygens (including phenoxy) is 1. The summed E-state index contributed by atoms with van der Waals surface area (Å²) in [5.41, 5.74) is 1.35. The van der Waals surface area contributed by atoms with Crippen LogP contribution in [0.5, 0.6) is 5.75 Å². The molecule has 1 atom stereocenters. The Bertz CT molecular complexity index is 580. The van der Waals surface area contributed by atoms with Gasteiger partial charge in [0.05, 0.1) is 0 Å². The fraction of sp³-hybridized carbons (Fsp3) is 0.600. The largest absolute Gasteiger partial charge is 0.482 e. The van der Waals surface area contributed by atoms with Crippen molar-refractivity contribution in [3.63, 3.8) is 0 Å². The van der Waals surface area contributed by atoms with Crippen molar-refractivity contribution in [2.24, 2.45) is 11.3 Å². The zero-order chi connectivity index (χ0) is 18.3. The first-order valence-electron chi connectivity index (χ1n) is 9.07. The third kappa shape index (κ3) is 6.40. The van der Waals surface area contributed by atoms with Crippen molar-refractivity contribution in [1.82, 2.24) is 5.32 Å². The van der Waals surface area contributed by atoms with E-state index >= 15 is 0 Å². The number of hydrogen-bond donors (Lipinski definition) is 2. The number of nitrogens with one attached hydrogen (secondary N) is 1. The molecule has 0 heterocycles. The first-order valence-corrected chi connectivity index (χ1v) is 9.07. The highest BCUT2D eigenvalue weighted by molar-refractivity contribution is 5.76. The third-order valence-electron chi connectivity index (χ3n) is 5.18. The predicted octanol–water partition coefficient (Wildman–Crippen LogP) is 3.42. The molecule has 1 aromatic carbocycles. The number of carbonyl (C=O) groups excluding carboxylic acids is 1. The van der Waals surface area contributed by atoms with E-state index in [-0.39, 0.29) is 17.9 Å². The summed E-state index contributed by atoms with van der Waals surface area (Å²) in [6.45, 7) is 4.82. The Labute approximate surface area is 149 Å². The Morgan fingerprint density at radius 2 is 1.96 bits per heavy atom. The number of hydrogen-bond acceptors (Lipinski definition) is 3. The third-order valence-corrected chi connectivity index (χ3v) is 5.18. The first-order chi connectivity index (χ1) is 11.9. The minimum absolute atomic E-state index is 0.140. The van der Waals surface area contributed by atoms with Crippen LogP contribution in [-0.2, 0) is 16.0 Å².